The number of sulfonamides is 1. The zero-order valence-corrected chi connectivity index (χ0v) is 15.7. The standard InChI is InChI=1S/C18H22FNO5S/c1-4-25-17-9-8-15(11-16(17)19)26(21,22)20-12-18(24-3)13-6-5-7-14(10-13)23-2/h5-11,18,20H,4,12H2,1-3H3. The minimum Gasteiger partial charge on any atom is -0.497 e. The molecule has 2 aromatic rings. The molecule has 26 heavy (non-hydrogen) atoms. The van der Waals surface area contributed by atoms with Gasteiger partial charge < -0.3 is 14.2 Å². The molecule has 0 aliphatic heterocycles. The second-order valence-electron chi connectivity index (χ2n) is 5.38. The maximum Gasteiger partial charge on any atom is 0.240 e. The predicted molar refractivity (Wildman–Crippen MR) is 95.5 cm³/mol. The summed E-state index contributed by atoms with van der Waals surface area (Å²) in [5, 5.41) is 0. The molecule has 2 rings (SSSR count). The van der Waals surface area contributed by atoms with Gasteiger partial charge in [-0.2, -0.15) is 0 Å². The van der Waals surface area contributed by atoms with E-state index in [0.717, 1.165) is 11.6 Å². The normalized spacial score (nSPS) is 12.6. The van der Waals surface area contributed by atoms with Gasteiger partial charge in [0.05, 0.1) is 24.7 Å². The van der Waals surface area contributed by atoms with Crippen molar-refractivity contribution < 1.29 is 27.0 Å². The Balaban J connectivity index is 2.14. The van der Waals surface area contributed by atoms with E-state index in [2.05, 4.69) is 4.72 Å². The molecule has 0 aliphatic carbocycles. The third-order valence-electron chi connectivity index (χ3n) is 3.72. The van der Waals surface area contributed by atoms with Crippen molar-refractivity contribution in [2.24, 2.45) is 0 Å². The molecule has 0 amide bonds. The molecule has 8 heteroatoms. The van der Waals surface area contributed by atoms with E-state index in [9.17, 15) is 12.8 Å². The highest BCUT2D eigenvalue weighted by atomic mass is 32.2. The van der Waals surface area contributed by atoms with Crippen molar-refractivity contribution in [2.75, 3.05) is 27.4 Å². The van der Waals surface area contributed by atoms with Crippen LogP contribution in [0.2, 0.25) is 0 Å². The molecule has 0 bridgehead atoms. The summed E-state index contributed by atoms with van der Waals surface area (Å²) in [4.78, 5) is -0.182. The Morgan fingerprint density at radius 3 is 2.54 bits per heavy atom. The molecule has 0 aliphatic rings. The quantitative estimate of drug-likeness (QED) is 0.721. The van der Waals surface area contributed by atoms with E-state index in [1.54, 1.807) is 32.2 Å². The predicted octanol–water partition coefficient (Wildman–Crippen LogP) is 2.90. The summed E-state index contributed by atoms with van der Waals surface area (Å²) in [7, 11) is -0.873. The Labute approximate surface area is 152 Å². The van der Waals surface area contributed by atoms with Crippen molar-refractivity contribution in [1.29, 1.82) is 0 Å². The van der Waals surface area contributed by atoms with E-state index in [0.29, 0.717) is 5.75 Å². The maximum atomic E-state index is 13.9. The van der Waals surface area contributed by atoms with Crippen LogP contribution < -0.4 is 14.2 Å². The fourth-order valence-electron chi connectivity index (χ4n) is 2.37. The third kappa shape index (κ3) is 4.94. The summed E-state index contributed by atoms with van der Waals surface area (Å²) in [6.07, 6.45) is -0.521. The van der Waals surface area contributed by atoms with E-state index in [-0.39, 0.29) is 23.8 Å². The van der Waals surface area contributed by atoms with Gasteiger partial charge in [0.1, 0.15) is 5.75 Å². The fraction of sp³-hybridized carbons (Fsp3) is 0.333. The van der Waals surface area contributed by atoms with Gasteiger partial charge in [-0.05, 0) is 42.8 Å². The van der Waals surface area contributed by atoms with Crippen LogP contribution in [-0.2, 0) is 14.8 Å². The smallest absolute Gasteiger partial charge is 0.240 e. The Morgan fingerprint density at radius 2 is 1.92 bits per heavy atom. The van der Waals surface area contributed by atoms with Gasteiger partial charge in [0.15, 0.2) is 11.6 Å². The van der Waals surface area contributed by atoms with Gasteiger partial charge in [-0.1, -0.05) is 12.1 Å². The molecule has 1 N–H and O–H groups in total. The SMILES string of the molecule is CCOc1ccc(S(=O)(=O)NCC(OC)c2cccc(OC)c2)cc1F. The Morgan fingerprint density at radius 1 is 1.15 bits per heavy atom. The van der Waals surface area contributed by atoms with Crippen LogP contribution in [0.25, 0.3) is 0 Å². The maximum absolute atomic E-state index is 13.9. The molecule has 1 unspecified atom stereocenters. The van der Waals surface area contributed by atoms with Crippen molar-refractivity contribution >= 4 is 10.0 Å². The first-order valence-electron chi connectivity index (χ1n) is 8.00. The van der Waals surface area contributed by atoms with Gasteiger partial charge in [-0.3, -0.25) is 0 Å². The molecule has 0 radical (unpaired) electrons. The molecule has 6 nitrogen and oxygen atoms in total. The minimum atomic E-state index is -3.90. The second kappa shape index (κ2) is 8.98. The summed E-state index contributed by atoms with van der Waals surface area (Å²) in [6.45, 7) is 1.99. The number of halogens is 1. The van der Waals surface area contributed by atoms with Crippen LogP contribution in [0.15, 0.2) is 47.4 Å². The molecule has 0 saturated heterocycles. The van der Waals surface area contributed by atoms with Crippen LogP contribution in [0.5, 0.6) is 11.5 Å². The number of benzene rings is 2. The van der Waals surface area contributed by atoms with Crippen molar-refractivity contribution in [2.45, 2.75) is 17.9 Å². The van der Waals surface area contributed by atoms with Crippen LogP contribution >= 0.6 is 0 Å². The van der Waals surface area contributed by atoms with Gasteiger partial charge in [0, 0.05) is 13.7 Å². The van der Waals surface area contributed by atoms with Crippen LogP contribution in [0.4, 0.5) is 4.39 Å². The molecular weight excluding hydrogens is 361 g/mol. The first-order chi connectivity index (χ1) is 12.4. The van der Waals surface area contributed by atoms with E-state index in [1.807, 2.05) is 6.07 Å². The number of ether oxygens (including phenoxy) is 3. The lowest BCUT2D eigenvalue weighted by molar-refractivity contribution is 0.107. The van der Waals surface area contributed by atoms with Gasteiger partial charge in [-0.25, -0.2) is 17.5 Å². The summed E-state index contributed by atoms with van der Waals surface area (Å²) >= 11 is 0. The summed E-state index contributed by atoms with van der Waals surface area (Å²) in [5.74, 6) is -0.0793. The van der Waals surface area contributed by atoms with E-state index >= 15 is 0 Å². The van der Waals surface area contributed by atoms with Crippen molar-refractivity contribution in [1.82, 2.24) is 4.72 Å². The van der Waals surface area contributed by atoms with Gasteiger partial charge in [-0.15, -0.1) is 0 Å². The Hall–Kier alpha value is -2.16. The molecular formula is C18H22FNO5S. The number of hydrogen-bond acceptors (Lipinski definition) is 5. The zero-order valence-electron chi connectivity index (χ0n) is 14.9. The lowest BCUT2D eigenvalue weighted by Crippen LogP contribution is -2.29. The number of hydrogen-bond donors (Lipinski definition) is 1. The van der Waals surface area contributed by atoms with Crippen LogP contribution in [0.3, 0.4) is 0 Å². The molecule has 1 atom stereocenters. The lowest BCUT2D eigenvalue weighted by atomic mass is 10.1. The number of methoxy groups -OCH3 is 2. The van der Waals surface area contributed by atoms with E-state index < -0.39 is 21.9 Å². The molecule has 0 fully saturated rings. The highest BCUT2D eigenvalue weighted by Gasteiger charge is 2.20. The monoisotopic (exact) mass is 383 g/mol. The molecule has 0 aromatic heterocycles. The molecule has 0 spiro atoms. The Bertz CT molecular complexity index is 841. The van der Waals surface area contributed by atoms with Crippen LogP contribution in [-0.4, -0.2) is 35.8 Å². The molecule has 0 saturated carbocycles. The fourth-order valence-corrected chi connectivity index (χ4v) is 3.41. The highest BCUT2D eigenvalue weighted by Crippen LogP contribution is 2.23. The van der Waals surface area contributed by atoms with E-state index in [4.69, 9.17) is 14.2 Å². The van der Waals surface area contributed by atoms with Gasteiger partial charge in [0.2, 0.25) is 10.0 Å². The number of nitrogens with one attached hydrogen (secondary N) is 1. The summed E-state index contributed by atoms with van der Waals surface area (Å²) in [6, 6.07) is 10.7. The highest BCUT2D eigenvalue weighted by molar-refractivity contribution is 7.89. The summed E-state index contributed by atoms with van der Waals surface area (Å²) < 4.78 is 56.8. The van der Waals surface area contributed by atoms with Crippen LogP contribution in [0, 0.1) is 5.82 Å². The number of rotatable bonds is 9. The summed E-state index contributed by atoms with van der Waals surface area (Å²) in [5.41, 5.74) is 0.757. The van der Waals surface area contributed by atoms with Crippen molar-refractivity contribution in [3.63, 3.8) is 0 Å². The molecule has 142 valence electrons. The zero-order chi connectivity index (χ0) is 19.2. The molecule has 2 aromatic carbocycles. The van der Waals surface area contributed by atoms with Gasteiger partial charge >= 0.3 is 0 Å². The Kier molecular flexibility index (Phi) is 6.96. The largest absolute Gasteiger partial charge is 0.497 e. The van der Waals surface area contributed by atoms with Gasteiger partial charge in [0.25, 0.3) is 0 Å². The van der Waals surface area contributed by atoms with Crippen LogP contribution in [0.1, 0.15) is 18.6 Å². The van der Waals surface area contributed by atoms with Crippen molar-refractivity contribution in [3.05, 3.63) is 53.8 Å². The van der Waals surface area contributed by atoms with Crippen molar-refractivity contribution in [3.8, 4) is 11.5 Å². The first-order valence-corrected chi connectivity index (χ1v) is 9.48. The first kappa shape index (κ1) is 20.2. The average molecular weight is 383 g/mol. The van der Waals surface area contributed by atoms with E-state index in [1.165, 1.54) is 19.2 Å². The molecule has 0 heterocycles. The second-order valence-corrected chi connectivity index (χ2v) is 7.15. The third-order valence-corrected chi connectivity index (χ3v) is 5.14. The lowest BCUT2D eigenvalue weighted by Gasteiger charge is -2.17. The average Bonchev–Trinajstić information content (AvgIpc) is 2.64. The topological polar surface area (TPSA) is 73.9 Å². The minimum absolute atomic E-state index is 0.0117.